The molecule has 1 aromatic heterocycles. The summed E-state index contributed by atoms with van der Waals surface area (Å²) >= 11 is 0. The van der Waals surface area contributed by atoms with Crippen LogP contribution in [-0.4, -0.2) is 6.54 Å². The minimum atomic E-state index is 0.354. The number of nitrogens with one attached hydrogen (secondary N) is 1. The molecule has 2 heteroatoms. The lowest BCUT2D eigenvalue weighted by Crippen LogP contribution is -2.35. The molecule has 1 aliphatic rings. The standard InChI is InChI=1S/C18H25NO/c1-3-18(11-7-8-12-18)17(19-4-2)16-13-14-9-5-6-10-15(14)20-16/h5-6,9-10,13,17,19H,3-4,7-8,11-12H2,1-2H3. The normalized spacial score (nSPS) is 19.5. The molecule has 0 saturated heterocycles. The Bertz CT molecular complexity index is 533. The maximum absolute atomic E-state index is 6.16. The first-order valence-electron chi connectivity index (χ1n) is 8.01. The van der Waals surface area contributed by atoms with E-state index in [1.54, 1.807) is 0 Å². The molecular weight excluding hydrogens is 246 g/mol. The average Bonchev–Trinajstić information content (AvgIpc) is 3.11. The van der Waals surface area contributed by atoms with Gasteiger partial charge in [-0.2, -0.15) is 0 Å². The SMILES string of the molecule is CCNC(c1cc2ccccc2o1)C1(CC)CCCC1. The molecule has 1 saturated carbocycles. The minimum Gasteiger partial charge on any atom is -0.459 e. The van der Waals surface area contributed by atoms with E-state index in [0.717, 1.165) is 17.9 Å². The van der Waals surface area contributed by atoms with Crippen LogP contribution < -0.4 is 5.32 Å². The topological polar surface area (TPSA) is 25.2 Å². The Morgan fingerprint density at radius 2 is 1.95 bits per heavy atom. The summed E-state index contributed by atoms with van der Waals surface area (Å²) in [6.45, 7) is 5.51. The molecule has 1 aliphatic carbocycles. The fourth-order valence-electron chi connectivity index (χ4n) is 3.89. The molecule has 0 bridgehead atoms. The summed E-state index contributed by atoms with van der Waals surface area (Å²) in [5.74, 6) is 1.12. The Morgan fingerprint density at radius 1 is 1.20 bits per heavy atom. The first-order valence-corrected chi connectivity index (χ1v) is 8.01. The van der Waals surface area contributed by atoms with Crippen LogP contribution in [0.25, 0.3) is 11.0 Å². The highest BCUT2D eigenvalue weighted by Gasteiger charge is 2.41. The molecule has 1 atom stereocenters. The molecule has 1 N–H and O–H groups in total. The van der Waals surface area contributed by atoms with Crippen molar-refractivity contribution in [1.82, 2.24) is 5.32 Å². The Hall–Kier alpha value is -1.28. The van der Waals surface area contributed by atoms with Gasteiger partial charge in [0.25, 0.3) is 0 Å². The number of para-hydroxylation sites is 1. The van der Waals surface area contributed by atoms with Gasteiger partial charge in [-0.25, -0.2) is 0 Å². The third kappa shape index (κ3) is 2.26. The molecule has 0 aliphatic heterocycles. The van der Waals surface area contributed by atoms with E-state index in [1.165, 1.54) is 37.5 Å². The average molecular weight is 271 g/mol. The van der Waals surface area contributed by atoms with Crippen LogP contribution in [0, 0.1) is 5.41 Å². The Morgan fingerprint density at radius 3 is 2.60 bits per heavy atom. The van der Waals surface area contributed by atoms with Crippen molar-refractivity contribution in [3.05, 3.63) is 36.1 Å². The number of furan rings is 1. The molecule has 20 heavy (non-hydrogen) atoms. The number of hydrogen-bond donors (Lipinski definition) is 1. The van der Waals surface area contributed by atoms with Gasteiger partial charge in [0.15, 0.2) is 0 Å². The van der Waals surface area contributed by atoms with Crippen LogP contribution in [0.2, 0.25) is 0 Å². The maximum atomic E-state index is 6.16. The summed E-state index contributed by atoms with van der Waals surface area (Å²) < 4.78 is 6.16. The van der Waals surface area contributed by atoms with Gasteiger partial charge in [-0.15, -0.1) is 0 Å². The smallest absolute Gasteiger partial charge is 0.134 e. The lowest BCUT2D eigenvalue weighted by Gasteiger charge is -2.36. The van der Waals surface area contributed by atoms with Gasteiger partial charge in [-0.05, 0) is 43.4 Å². The van der Waals surface area contributed by atoms with Gasteiger partial charge in [0, 0.05) is 5.39 Å². The lowest BCUT2D eigenvalue weighted by atomic mass is 9.75. The van der Waals surface area contributed by atoms with Crippen LogP contribution in [0.15, 0.2) is 34.7 Å². The van der Waals surface area contributed by atoms with Crippen LogP contribution in [-0.2, 0) is 0 Å². The molecule has 2 aromatic rings. The number of rotatable bonds is 5. The largest absolute Gasteiger partial charge is 0.459 e. The number of benzene rings is 1. The molecule has 2 nitrogen and oxygen atoms in total. The summed E-state index contributed by atoms with van der Waals surface area (Å²) in [6, 6.07) is 10.9. The van der Waals surface area contributed by atoms with Crippen LogP contribution in [0.4, 0.5) is 0 Å². The summed E-state index contributed by atoms with van der Waals surface area (Å²) in [5.41, 5.74) is 1.39. The van der Waals surface area contributed by atoms with Gasteiger partial charge >= 0.3 is 0 Å². The predicted molar refractivity (Wildman–Crippen MR) is 83.8 cm³/mol. The van der Waals surface area contributed by atoms with Crippen molar-refractivity contribution < 1.29 is 4.42 Å². The van der Waals surface area contributed by atoms with Gasteiger partial charge < -0.3 is 9.73 Å². The van der Waals surface area contributed by atoms with Gasteiger partial charge in [-0.3, -0.25) is 0 Å². The fourth-order valence-corrected chi connectivity index (χ4v) is 3.89. The number of hydrogen-bond acceptors (Lipinski definition) is 2. The van der Waals surface area contributed by atoms with Crippen molar-refractivity contribution in [2.75, 3.05) is 6.54 Å². The maximum Gasteiger partial charge on any atom is 0.134 e. The molecule has 0 radical (unpaired) electrons. The Balaban J connectivity index is 2.00. The highest BCUT2D eigenvalue weighted by atomic mass is 16.3. The van der Waals surface area contributed by atoms with E-state index in [2.05, 4.69) is 43.4 Å². The zero-order chi connectivity index (χ0) is 14.0. The third-order valence-electron chi connectivity index (χ3n) is 5.05. The zero-order valence-electron chi connectivity index (χ0n) is 12.6. The quantitative estimate of drug-likeness (QED) is 0.822. The third-order valence-corrected chi connectivity index (χ3v) is 5.05. The van der Waals surface area contributed by atoms with Gasteiger partial charge in [0.2, 0.25) is 0 Å². The van der Waals surface area contributed by atoms with E-state index in [9.17, 15) is 0 Å². The van der Waals surface area contributed by atoms with Crippen molar-refractivity contribution in [2.24, 2.45) is 5.41 Å². The minimum absolute atomic E-state index is 0.354. The fraction of sp³-hybridized carbons (Fsp3) is 0.556. The van der Waals surface area contributed by atoms with Crippen molar-refractivity contribution in [3.8, 4) is 0 Å². The summed E-state index contributed by atoms with van der Waals surface area (Å²) in [4.78, 5) is 0. The van der Waals surface area contributed by atoms with Crippen molar-refractivity contribution in [2.45, 2.75) is 52.0 Å². The number of fused-ring (bicyclic) bond motifs is 1. The van der Waals surface area contributed by atoms with Crippen molar-refractivity contribution in [3.63, 3.8) is 0 Å². The van der Waals surface area contributed by atoms with Gasteiger partial charge in [-0.1, -0.05) is 44.9 Å². The Kier molecular flexibility index (Phi) is 3.84. The monoisotopic (exact) mass is 271 g/mol. The molecule has 0 amide bonds. The Labute approximate surface area is 121 Å². The van der Waals surface area contributed by atoms with E-state index in [1.807, 2.05) is 6.07 Å². The molecular formula is C18H25NO. The molecule has 1 unspecified atom stereocenters. The first-order chi connectivity index (χ1) is 9.79. The highest BCUT2D eigenvalue weighted by molar-refractivity contribution is 5.77. The molecule has 108 valence electrons. The van der Waals surface area contributed by atoms with E-state index >= 15 is 0 Å². The van der Waals surface area contributed by atoms with E-state index in [-0.39, 0.29) is 0 Å². The molecule has 3 rings (SSSR count). The van der Waals surface area contributed by atoms with Crippen LogP contribution >= 0.6 is 0 Å². The van der Waals surface area contributed by atoms with E-state index < -0.39 is 0 Å². The van der Waals surface area contributed by atoms with E-state index in [0.29, 0.717) is 11.5 Å². The van der Waals surface area contributed by atoms with Gasteiger partial charge in [0.05, 0.1) is 6.04 Å². The van der Waals surface area contributed by atoms with Gasteiger partial charge in [0.1, 0.15) is 11.3 Å². The lowest BCUT2D eigenvalue weighted by molar-refractivity contribution is 0.169. The van der Waals surface area contributed by atoms with Crippen LogP contribution in [0.1, 0.15) is 57.8 Å². The van der Waals surface area contributed by atoms with E-state index in [4.69, 9.17) is 4.42 Å². The molecule has 1 aromatic carbocycles. The molecule has 1 heterocycles. The first kappa shape index (κ1) is 13.7. The van der Waals surface area contributed by atoms with Crippen LogP contribution in [0.5, 0.6) is 0 Å². The van der Waals surface area contributed by atoms with Crippen molar-refractivity contribution >= 4 is 11.0 Å². The summed E-state index contributed by atoms with van der Waals surface area (Å²) in [7, 11) is 0. The zero-order valence-corrected chi connectivity index (χ0v) is 12.6. The second-order valence-electron chi connectivity index (χ2n) is 6.10. The summed E-state index contributed by atoms with van der Waals surface area (Å²) in [5, 5.41) is 4.92. The second kappa shape index (κ2) is 5.61. The second-order valence-corrected chi connectivity index (χ2v) is 6.10. The summed E-state index contributed by atoms with van der Waals surface area (Å²) in [6.07, 6.45) is 6.57. The van der Waals surface area contributed by atoms with Crippen molar-refractivity contribution in [1.29, 1.82) is 0 Å². The predicted octanol–water partition coefficient (Wildman–Crippen LogP) is 5.05. The molecule has 0 spiro atoms. The highest BCUT2D eigenvalue weighted by Crippen LogP contribution is 2.50. The molecule has 1 fully saturated rings. The van der Waals surface area contributed by atoms with Crippen LogP contribution in [0.3, 0.4) is 0 Å².